The third kappa shape index (κ3) is 3.80. The van der Waals surface area contributed by atoms with Crippen LogP contribution < -0.4 is 29.0 Å². The van der Waals surface area contributed by atoms with Crippen LogP contribution in [0.25, 0.3) is 0 Å². The number of benzene rings is 2. The zero-order valence-electron chi connectivity index (χ0n) is 15.6. The molecule has 0 fully saturated rings. The summed E-state index contributed by atoms with van der Waals surface area (Å²) < 4.78 is 28.0. The summed E-state index contributed by atoms with van der Waals surface area (Å²) in [5.74, 6) is 3.62. The Bertz CT molecular complexity index is 749. The van der Waals surface area contributed by atoms with Gasteiger partial charge in [-0.1, -0.05) is 12.1 Å². The average molecular weight is 359 g/mol. The first-order chi connectivity index (χ1) is 12.7. The Morgan fingerprint density at radius 1 is 1.00 bits per heavy atom. The molecule has 0 radical (unpaired) electrons. The van der Waals surface area contributed by atoms with Crippen LogP contribution in [0.15, 0.2) is 36.4 Å². The number of methoxy groups -OCH3 is 3. The topological polar surface area (TPSA) is 58.2 Å². The van der Waals surface area contributed by atoms with Gasteiger partial charge in [0, 0.05) is 24.2 Å². The Kier molecular flexibility index (Phi) is 5.73. The lowest BCUT2D eigenvalue weighted by molar-refractivity contribution is 0.0662. The van der Waals surface area contributed by atoms with Crippen LogP contribution in [0.4, 0.5) is 0 Å². The highest BCUT2D eigenvalue weighted by atomic mass is 16.6. The van der Waals surface area contributed by atoms with E-state index in [0.29, 0.717) is 24.7 Å². The molecule has 1 heterocycles. The molecule has 3 rings (SSSR count). The Hall–Kier alpha value is -2.60. The monoisotopic (exact) mass is 359 g/mol. The molecule has 1 aliphatic heterocycles. The Balaban J connectivity index is 1.67. The normalized spacial score (nSPS) is 16.7. The van der Waals surface area contributed by atoms with Crippen molar-refractivity contribution in [2.24, 2.45) is 0 Å². The van der Waals surface area contributed by atoms with Crippen LogP contribution in [0, 0.1) is 0 Å². The molecule has 6 nitrogen and oxygen atoms in total. The molecule has 0 saturated heterocycles. The molecule has 0 spiro atoms. The van der Waals surface area contributed by atoms with Crippen molar-refractivity contribution in [2.45, 2.75) is 25.6 Å². The van der Waals surface area contributed by atoms with Crippen molar-refractivity contribution in [3.05, 3.63) is 42.0 Å². The smallest absolute Gasteiger partial charge is 0.164 e. The Morgan fingerprint density at radius 3 is 2.35 bits per heavy atom. The summed E-state index contributed by atoms with van der Waals surface area (Å²) in [5, 5.41) is 3.48. The third-order valence-corrected chi connectivity index (χ3v) is 4.49. The number of nitrogens with one attached hydrogen (secondary N) is 1. The molecule has 2 aromatic carbocycles. The van der Waals surface area contributed by atoms with Crippen LogP contribution >= 0.6 is 0 Å². The molecule has 140 valence electrons. The van der Waals surface area contributed by atoms with E-state index in [1.807, 2.05) is 36.4 Å². The van der Waals surface area contributed by atoms with E-state index >= 15 is 0 Å². The van der Waals surface area contributed by atoms with Crippen molar-refractivity contribution in [1.29, 1.82) is 0 Å². The van der Waals surface area contributed by atoms with E-state index in [9.17, 15) is 0 Å². The van der Waals surface area contributed by atoms with Crippen molar-refractivity contribution >= 4 is 0 Å². The zero-order chi connectivity index (χ0) is 18.5. The average Bonchev–Trinajstić information content (AvgIpc) is 2.70. The molecule has 26 heavy (non-hydrogen) atoms. The molecular formula is C20H25NO5. The van der Waals surface area contributed by atoms with Gasteiger partial charge in [0.25, 0.3) is 0 Å². The minimum Gasteiger partial charge on any atom is -0.496 e. The van der Waals surface area contributed by atoms with Crippen molar-refractivity contribution in [3.63, 3.8) is 0 Å². The standard InChI is InChI=1S/C20H25NO5/c1-13(20-12-25-15-7-5-6-8-16(15)26-20)21-11-14-9-18(23-3)19(24-4)10-17(14)22-2/h5-10,13,20-21H,11-12H2,1-4H3. The number of fused-ring (bicyclic) bond motifs is 1. The van der Waals surface area contributed by atoms with Gasteiger partial charge in [0.15, 0.2) is 23.0 Å². The fourth-order valence-corrected chi connectivity index (χ4v) is 2.92. The lowest BCUT2D eigenvalue weighted by Crippen LogP contribution is -2.45. The first kappa shape index (κ1) is 18.2. The van der Waals surface area contributed by atoms with E-state index < -0.39 is 0 Å². The van der Waals surface area contributed by atoms with Crippen LogP contribution in [-0.2, 0) is 6.54 Å². The number of ether oxygens (including phenoxy) is 5. The van der Waals surface area contributed by atoms with Crippen LogP contribution in [0.2, 0.25) is 0 Å². The number of hydrogen-bond donors (Lipinski definition) is 1. The summed E-state index contributed by atoms with van der Waals surface area (Å²) in [7, 11) is 4.87. The predicted octanol–water partition coefficient (Wildman–Crippen LogP) is 3.03. The zero-order valence-corrected chi connectivity index (χ0v) is 15.6. The molecule has 0 aromatic heterocycles. The van der Waals surface area contributed by atoms with Crippen molar-refractivity contribution < 1.29 is 23.7 Å². The van der Waals surface area contributed by atoms with E-state index in [1.165, 1.54) is 0 Å². The molecule has 6 heteroatoms. The van der Waals surface area contributed by atoms with Gasteiger partial charge in [-0.3, -0.25) is 0 Å². The lowest BCUT2D eigenvalue weighted by atomic mass is 10.1. The van der Waals surface area contributed by atoms with Crippen molar-refractivity contribution in [1.82, 2.24) is 5.32 Å². The molecule has 0 bridgehead atoms. The van der Waals surface area contributed by atoms with E-state index in [1.54, 1.807) is 21.3 Å². The fraction of sp³-hybridized carbons (Fsp3) is 0.400. The summed E-state index contributed by atoms with van der Waals surface area (Å²) in [6.07, 6.45) is -0.0731. The molecular weight excluding hydrogens is 334 g/mol. The van der Waals surface area contributed by atoms with Crippen LogP contribution in [0.1, 0.15) is 12.5 Å². The van der Waals surface area contributed by atoms with E-state index in [2.05, 4.69) is 12.2 Å². The van der Waals surface area contributed by atoms with Gasteiger partial charge < -0.3 is 29.0 Å². The number of para-hydroxylation sites is 2. The van der Waals surface area contributed by atoms with E-state index in [0.717, 1.165) is 22.8 Å². The first-order valence-electron chi connectivity index (χ1n) is 8.57. The summed E-state index contributed by atoms with van der Waals surface area (Å²) in [6.45, 7) is 3.19. The molecule has 0 saturated carbocycles. The fourth-order valence-electron chi connectivity index (χ4n) is 2.92. The minimum atomic E-state index is -0.0731. The van der Waals surface area contributed by atoms with Gasteiger partial charge in [0.1, 0.15) is 18.5 Å². The molecule has 0 amide bonds. The van der Waals surface area contributed by atoms with Crippen molar-refractivity contribution in [2.75, 3.05) is 27.9 Å². The van der Waals surface area contributed by atoms with Gasteiger partial charge in [0.05, 0.1) is 21.3 Å². The van der Waals surface area contributed by atoms with Gasteiger partial charge in [-0.05, 0) is 25.1 Å². The van der Waals surface area contributed by atoms with Gasteiger partial charge in [-0.2, -0.15) is 0 Å². The maximum atomic E-state index is 6.06. The molecule has 2 atom stereocenters. The Morgan fingerprint density at radius 2 is 1.65 bits per heavy atom. The van der Waals surface area contributed by atoms with Crippen molar-refractivity contribution in [3.8, 4) is 28.7 Å². The highest BCUT2D eigenvalue weighted by Crippen LogP contribution is 2.35. The molecule has 1 N–H and O–H groups in total. The van der Waals surface area contributed by atoms with E-state index in [4.69, 9.17) is 23.7 Å². The van der Waals surface area contributed by atoms with Crippen LogP contribution in [-0.4, -0.2) is 40.1 Å². The highest BCUT2D eigenvalue weighted by molar-refractivity contribution is 5.50. The molecule has 2 aromatic rings. The second-order valence-electron chi connectivity index (χ2n) is 6.10. The summed E-state index contributed by atoms with van der Waals surface area (Å²) in [4.78, 5) is 0. The quantitative estimate of drug-likeness (QED) is 0.820. The lowest BCUT2D eigenvalue weighted by Gasteiger charge is -2.31. The molecule has 2 unspecified atom stereocenters. The van der Waals surface area contributed by atoms with Gasteiger partial charge >= 0.3 is 0 Å². The van der Waals surface area contributed by atoms with Gasteiger partial charge in [-0.25, -0.2) is 0 Å². The largest absolute Gasteiger partial charge is 0.496 e. The summed E-state index contributed by atoms with van der Waals surface area (Å²) in [6, 6.07) is 11.6. The van der Waals surface area contributed by atoms with Crippen LogP contribution in [0.5, 0.6) is 28.7 Å². The summed E-state index contributed by atoms with van der Waals surface area (Å²) >= 11 is 0. The van der Waals surface area contributed by atoms with Crippen LogP contribution in [0.3, 0.4) is 0 Å². The third-order valence-electron chi connectivity index (χ3n) is 4.49. The second-order valence-corrected chi connectivity index (χ2v) is 6.10. The maximum absolute atomic E-state index is 6.06. The first-order valence-corrected chi connectivity index (χ1v) is 8.57. The predicted molar refractivity (Wildman–Crippen MR) is 98.8 cm³/mol. The second kappa shape index (κ2) is 8.19. The van der Waals surface area contributed by atoms with Gasteiger partial charge in [0.2, 0.25) is 0 Å². The maximum Gasteiger partial charge on any atom is 0.164 e. The highest BCUT2D eigenvalue weighted by Gasteiger charge is 2.26. The van der Waals surface area contributed by atoms with Gasteiger partial charge in [-0.15, -0.1) is 0 Å². The Labute approximate surface area is 154 Å². The number of rotatable bonds is 7. The minimum absolute atomic E-state index is 0.0731. The number of hydrogen-bond acceptors (Lipinski definition) is 6. The molecule has 1 aliphatic rings. The summed E-state index contributed by atoms with van der Waals surface area (Å²) in [5.41, 5.74) is 0.981. The molecule has 0 aliphatic carbocycles. The van der Waals surface area contributed by atoms with E-state index in [-0.39, 0.29) is 12.1 Å². The SMILES string of the molecule is COc1cc(OC)c(OC)cc1CNC(C)C1COc2ccccc2O1.